The van der Waals surface area contributed by atoms with Crippen LogP contribution >= 0.6 is 0 Å². The minimum Gasteiger partial charge on any atom is -0.507 e. The van der Waals surface area contributed by atoms with Gasteiger partial charge in [-0.1, -0.05) is 60.2 Å². The molecule has 6 heteroatoms. The number of aryl methyl sites for hydroxylation is 1. The second-order valence-corrected chi connectivity index (χ2v) is 6.10. The number of carbonyl (C=O) groups is 3. The monoisotopic (exact) mass is 351 g/mol. The first-order valence-corrected chi connectivity index (χ1v) is 8.02. The largest absolute Gasteiger partial charge is 0.507 e. The molecule has 0 radical (unpaired) electrons. The van der Waals surface area contributed by atoms with E-state index in [-0.39, 0.29) is 11.3 Å². The summed E-state index contributed by atoms with van der Waals surface area (Å²) >= 11 is 0. The second-order valence-electron chi connectivity index (χ2n) is 6.10. The summed E-state index contributed by atoms with van der Waals surface area (Å²) in [5, 5.41) is 19.8. The van der Waals surface area contributed by atoms with Crippen molar-refractivity contribution in [2.75, 3.05) is 6.54 Å². The van der Waals surface area contributed by atoms with E-state index in [9.17, 15) is 19.5 Å². The minimum atomic E-state index is -1.23. The number of likely N-dealkylation sites (tertiary alicyclic amines) is 1. The lowest BCUT2D eigenvalue weighted by Crippen LogP contribution is -2.34. The third-order valence-corrected chi connectivity index (χ3v) is 4.29. The van der Waals surface area contributed by atoms with E-state index in [1.165, 1.54) is 0 Å². The number of Topliss-reactive ketones (excluding diaryl/α,β-unsaturated/α-hetero) is 1. The van der Waals surface area contributed by atoms with Crippen molar-refractivity contribution in [3.05, 3.63) is 76.9 Å². The van der Waals surface area contributed by atoms with Crippen molar-refractivity contribution in [1.82, 2.24) is 4.90 Å². The van der Waals surface area contributed by atoms with E-state index in [1.54, 1.807) is 54.6 Å². The van der Waals surface area contributed by atoms with Crippen LogP contribution in [0.25, 0.3) is 5.76 Å². The van der Waals surface area contributed by atoms with Crippen molar-refractivity contribution in [2.45, 2.75) is 13.0 Å². The van der Waals surface area contributed by atoms with E-state index in [1.807, 2.05) is 6.92 Å². The molecular formula is C20H17NO5. The number of aliphatic hydroxyl groups is 1. The van der Waals surface area contributed by atoms with E-state index in [4.69, 9.17) is 5.11 Å². The van der Waals surface area contributed by atoms with Crippen LogP contribution in [0, 0.1) is 6.92 Å². The highest BCUT2D eigenvalue weighted by molar-refractivity contribution is 6.46. The molecule has 132 valence electrons. The van der Waals surface area contributed by atoms with Crippen LogP contribution in [0.3, 0.4) is 0 Å². The lowest BCUT2D eigenvalue weighted by atomic mass is 9.95. The predicted octanol–water partition coefficient (Wildman–Crippen LogP) is 2.50. The first-order chi connectivity index (χ1) is 12.4. The SMILES string of the molecule is Cc1ccc(C2/C(=C(\O)c3ccccc3)C(=O)C(=O)N2CC(=O)O)cc1. The Morgan fingerprint density at radius 2 is 1.62 bits per heavy atom. The zero-order valence-electron chi connectivity index (χ0n) is 14.0. The van der Waals surface area contributed by atoms with Crippen LogP contribution < -0.4 is 0 Å². The molecule has 0 saturated carbocycles. The zero-order chi connectivity index (χ0) is 18.8. The summed E-state index contributed by atoms with van der Waals surface area (Å²) in [4.78, 5) is 37.1. The number of aliphatic carboxylic acids is 1. The molecule has 0 aromatic heterocycles. The van der Waals surface area contributed by atoms with Crippen molar-refractivity contribution in [3.63, 3.8) is 0 Å². The molecular weight excluding hydrogens is 334 g/mol. The second kappa shape index (κ2) is 6.84. The van der Waals surface area contributed by atoms with Gasteiger partial charge in [-0.25, -0.2) is 0 Å². The summed E-state index contributed by atoms with van der Waals surface area (Å²) < 4.78 is 0. The molecule has 1 unspecified atom stereocenters. The van der Waals surface area contributed by atoms with Gasteiger partial charge in [0.15, 0.2) is 0 Å². The third-order valence-electron chi connectivity index (χ3n) is 4.29. The van der Waals surface area contributed by atoms with Gasteiger partial charge in [-0.15, -0.1) is 0 Å². The Bertz CT molecular complexity index is 900. The van der Waals surface area contributed by atoms with E-state index in [0.29, 0.717) is 11.1 Å². The third kappa shape index (κ3) is 3.09. The number of amides is 1. The quantitative estimate of drug-likeness (QED) is 0.501. The number of nitrogens with zero attached hydrogens (tertiary/aromatic N) is 1. The van der Waals surface area contributed by atoms with Gasteiger partial charge in [-0.3, -0.25) is 14.4 Å². The topological polar surface area (TPSA) is 94.9 Å². The fraction of sp³-hybridized carbons (Fsp3) is 0.150. The predicted molar refractivity (Wildman–Crippen MR) is 94.3 cm³/mol. The summed E-state index contributed by atoms with van der Waals surface area (Å²) in [6.07, 6.45) is 0. The molecule has 1 saturated heterocycles. The normalized spacial score (nSPS) is 19.0. The number of aliphatic hydroxyl groups excluding tert-OH is 1. The van der Waals surface area contributed by atoms with Crippen LogP contribution in [0.2, 0.25) is 0 Å². The van der Waals surface area contributed by atoms with Crippen molar-refractivity contribution in [2.24, 2.45) is 0 Å². The van der Waals surface area contributed by atoms with Crippen LogP contribution in [0.1, 0.15) is 22.7 Å². The first kappa shape index (κ1) is 17.4. The van der Waals surface area contributed by atoms with Gasteiger partial charge >= 0.3 is 5.97 Å². The summed E-state index contributed by atoms with van der Waals surface area (Å²) in [6, 6.07) is 14.5. The molecule has 3 rings (SSSR count). The van der Waals surface area contributed by atoms with Gasteiger partial charge in [0.1, 0.15) is 12.3 Å². The Morgan fingerprint density at radius 3 is 2.19 bits per heavy atom. The van der Waals surface area contributed by atoms with Gasteiger partial charge < -0.3 is 15.1 Å². The van der Waals surface area contributed by atoms with Crippen LogP contribution in [0.4, 0.5) is 0 Å². The van der Waals surface area contributed by atoms with Gasteiger partial charge in [0.25, 0.3) is 11.7 Å². The van der Waals surface area contributed by atoms with E-state index in [0.717, 1.165) is 10.5 Å². The van der Waals surface area contributed by atoms with E-state index >= 15 is 0 Å². The molecule has 26 heavy (non-hydrogen) atoms. The molecule has 1 amide bonds. The highest BCUT2D eigenvalue weighted by atomic mass is 16.4. The average Bonchev–Trinajstić information content (AvgIpc) is 2.87. The lowest BCUT2D eigenvalue weighted by Gasteiger charge is -2.23. The maximum absolute atomic E-state index is 12.6. The molecule has 1 aliphatic heterocycles. The Labute approximate surface area is 150 Å². The fourth-order valence-corrected chi connectivity index (χ4v) is 3.04. The maximum Gasteiger partial charge on any atom is 0.323 e. The highest BCUT2D eigenvalue weighted by Gasteiger charge is 2.46. The van der Waals surface area contributed by atoms with Crippen LogP contribution in [0.5, 0.6) is 0 Å². The molecule has 6 nitrogen and oxygen atoms in total. The highest BCUT2D eigenvalue weighted by Crippen LogP contribution is 2.39. The van der Waals surface area contributed by atoms with E-state index < -0.39 is 30.2 Å². The summed E-state index contributed by atoms with van der Waals surface area (Å²) in [6.45, 7) is 1.26. The van der Waals surface area contributed by atoms with Gasteiger partial charge in [-0.2, -0.15) is 0 Å². The van der Waals surface area contributed by atoms with E-state index in [2.05, 4.69) is 0 Å². The van der Waals surface area contributed by atoms with Crippen LogP contribution in [-0.2, 0) is 14.4 Å². The molecule has 1 fully saturated rings. The maximum atomic E-state index is 12.6. The van der Waals surface area contributed by atoms with Crippen LogP contribution in [0.15, 0.2) is 60.2 Å². The number of carboxylic acids is 1. The molecule has 2 aromatic carbocycles. The fourth-order valence-electron chi connectivity index (χ4n) is 3.04. The molecule has 2 aromatic rings. The van der Waals surface area contributed by atoms with Crippen molar-refractivity contribution in [3.8, 4) is 0 Å². The molecule has 1 atom stereocenters. The van der Waals surface area contributed by atoms with Gasteiger partial charge in [0.2, 0.25) is 0 Å². The number of carboxylic acid groups (broad SMARTS) is 1. The minimum absolute atomic E-state index is 0.105. The number of carbonyl (C=O) groups excluding carboxylic acids is 2. The molecule has 0 spiro atoms. The standard InChI is InChI=1S/C20H17NO5/c1-12-7-9-13(10-8-12)17-16(18(24)14-5-3-2-4-6-14)19(25)20(26)21(17)11-15(22)23/h2-10,17,24H,11H2,1H3,(H,22,23)/b18-16+. The van der Waals surface area contributed by atoms with Crippen molar-refractivity contribution in [1.29, 1.82) is 0 Å². The molecule has 0 bridgehead atoms. The van der Waals surface area contributed by atoms with Crippen molar-refractivity contribution >= 4 is 23.4 Å². The van der Waals surface area contributed by atoms with Gasteiger partial charge in [0.05, 0.1) is 11.6 Å². The molecule has 1 heterocycles. The molecule has 1 aliphatic rings. The molecule has 2 N–H and O–H groups in total. The average molecular weight is 351 g/mol. The summed E-state index contributed by atoms with van der Waals surface area (Å²) in [5.74, 6) is -3.38. The smallest absolute Gasteiger partial charge is 0.323 e. The lowest BCUT2D eigenvalue weighted by molar-refractivity contribution is -0.146. The molecule has 0 aliphatic carbocycles. The van der Waals surface area contributed by atoms with Crippen LogP contribution in [-0.4, -0.2) is 39.3 Å². The Balaban J connectivity index is 2.19. The summed E-state index contributed by atoms with van der Waals surface area (Å²) in [5.41, 5.74) is 1.82. The first-order valence-electron chi connectivity index (χ1n) is 8.02. The number of rotatable bonds is 4. The Kier molecular flexibility index (Phi) is 4.58. The number of hydrogen-bond donors (Lipinski definition) is 2. The zero-order valence-corrected chi connectivity index (χ0v) is 14.0. The Morgan fingerprint density at radius 1 is 1.00 bits per heavy atom. The van der Waals surface area contributed by atoms with Gasteiger partial charge in [-0.05, 0) is 12.5 Å². The Hall–Kier alpha value is -3.41. The van der Waals surface area contributed by atoms with Crippen molar-refractivity contribution < 1.29 is 24.6 Å². The van der Waals surface area contributed by atoms with Gasteiger partial charge in [0, 0.05) is 5.56 Å². The number of ketones is 1. The number of benzene rings is 2. The number of hydrogen-bond acceptors (Lipinski definition) is 4. The summed E-state index contributed by atoms with van der Waals surface area (Å²) in [7, 11) is 0.